The van der Waals surface area contributed by atoms with E-state index in [-0.39, 0.29) is 17.1 Å². The van der Waals surface area contributed by atoms with Gasteiger partial charge in [0.2, 0.25) is 0 Å². The van der Waals surface area contributed by atoms with E-state index >= 15 is 0 Å². The molecule has 0 aromatic heterocycles. The zero-order valence-corrected chi connectivity index (χ0v) is 12.7. The van der Waals surface area contributed by atoms with E-state index < -0.39 is 5.91 Å². The highest BCUT2D eigenvalue weighted by Gasteiger charge is 2.15. The van der Waals surface area contributed by atoms with Crippen molar-refractivity contribution in [2.24, 2.45) is 0 Å². The van der Waals surface area contributed by atoms with Crippen molar-refractivity contribution in [1.29, 1.82) is 0 Å². The molecule has 0 fully saturated rings. The SMILES string of the molecule is COc1cccc(C(=O)Nc2ccc(C)c(Br)c2)c1O. The number of anilines is 1. The van der Waals surface area contributed by atoms with E-state index in [0.29, 0.717) is 5.69 Å². The molecule has 0 bridgehead atoms. The van der Waals surface area contributed by atoms with E-state index in [9.17, 15) is 9.90 Å². The van der Waals surface area contributed by atoms with Crippen molar-refractivity contribution in [3.63, 3.8) is 0 Å². The molecule has 5 heteroatoms. The molecule has 2 aromatic rings. The Labute approximate surface area is 125 Å². The summed E-state index contributed by atoms with van der Waals surface area (Å²) < 4.78 is 5.89. The third-order valence-electron chi connectivity index (χ3n) is 2.89. The van der Waals surface area contributed by atoms with Crippen molar-refractivity contribution in [2.45, 2.75) is 6.92 Å². The fraction of sp³-hybridized carbons (Fsp3) is 0.133. The zero-order chi connectivity index (χ0) is 14.7. The molecule has 0 atom stereocenters. The third-order valence-corrected chi connectivity index (χ3v) is 3.75. The van der Waals surface area contributed by atoms with Crippen molar-refractivity contribution in [1.82, 2.24) is 0 Å². The lowest BCUT2D eigenvalue weighted by molar-refractivity contribution is 0.102. The normalized spacial score (nSPS) is 10.2. The number of aryl methyl sites for hydroxylation is 1. The molecule has 0 saturated carbocycles. The van der Waals surface area contributed by atoms with Gasteiger partial charge >= 0.3 is 0 Å². The minimum absolute atomic E-state index is 0.168. The zero-order valence-electron chi connectivity index (χ0n) is 11.1. The van der Waals surface area contributed by atoms with Crippen LogP contribution in [0.15, 0.2) is 40.9 Å². The second kappa shape index (κ2) is 5.96. The maximum Gasteiger partial charge on any atom is 0.259 e. The average molecular weight is 336 g/mol. The van der Waals surface area contributed by atoms with E-state index in [1.54, 1.807) is 18.2 Å². The van der Waals surface area contributed by atoms with Crippen LogP contribution < -0.4 is 10.1 Å². The van der Waals surface area contributed by atoms with E-state index in [4.69, 9.17) is 4.74 Å². The number of methoxy groups -OCH3 is 1. The van der Waals surface area contributed by atoms with Gasteiger partial charge in [0.05, 0.1) is 12.7 Å². The van der Waals surface area contributed by atoms with Gasteiger partial charge in [-0.05, 0) is 36.8 Å². The third kappa shape index (κ3) is 2.93. The topological polar surface area (TPSA) is 58.6 Å². The Morgan fingerprint density at radius 2 is 2.05 bits per heavy atom. The summed E-state index contributed by atoms with van der Waals surface area (Å²) in [6.45, 7) is 1.96. The van der Waals surface area contributed by atoms with Crippen LogP contribution in [0.2, 0.25) is 0 Å². The van der Waals surface area contributed by atoms with Crippen LogP contribution in [0.4, 0.5) is 5.69 Å². The van der Waals surface area contributed by atoms with E-state index in [1.165, 1.54) is 13.2 Å². The molecule has 0 aliphatic carbocycles. The molecule has 0 spiro atoms. The number of ether oxygens (including phenoxy) is 1. The monoisotopic (exact) mass is 335 g/mol. The first kappa shape index (κ1) is 14.4. The minimum Gasteiger partial charge on any atom is -0.504 e. The summed E-state index contributed by atoms with van der Waals surface area (Å²) in [5.41, 5.74) is 1.89. The van der Waals surface area contributed by atoms with Crippen molar-refractivity contribution in [3.8, 4) is 11.5 Å². The van der Waals surface area contributed by atoms with Crippen LogP contribution in [0.1, 0.15) is 15.9 Å². The number of para-hydroxylation sites is 1. The molecular formula is C15H14BrNO3. The number of phenols is 1. The Bertz CT molecular complexity index is 656. The molecule has 0 radical (unpaired) electrons. The Balaban J connectivity index is 2.26. The Morgan fingerprint density at radius 3 is 2.70 bits per heavy atom. The van der Waals surface area contributed by atoms with Crippen LogP contribution in [0.3, 0.4) is 0 Å². The van der Waals surface area contributed by atoms with Gasteiger partial charge in [0, 0.05) is 10.2 Å². The lowest BCUT2D eigenvalue weighted by Gasteiger charge is -2.10. The molecule has 0 unspecified atom stereocenters. The molecule has 2 rings (SSSR count). The standard InChI is InChI=1S/C15H14BrNO3/c1-9-6-7-10(8-12(9)16)17-15(19)11-4-3-5-13(20-2)14(11)18/h3-8,18H,1-2H3,(H,17,19). The minimum atomic E-state index is -0.392. The summed E-state index contributed by atoms with van der Waals surface area (Å²) in [5, 5.41) is 12.7. The molecule has 2 N–H and O–H groups in total. The second-order valence-corrected chi connectivity index (χ2v) is 5.13. The Kier molecular flexibility index (Phi) is 4.29. The molecule has 0 aliphatic heterocycles. The number of rotatable bonds is 3. The van der Waals surface area contributed by atoms with Gasteiger partial charge in [0.1, 0.15) is 0 Å². The maximum atomic E-state index is 12.2. The average Bonchev–Trinajstić information content (AvgIpc) is 2.43. The van der Waals surface area contributed by atoms with E-state index in [2.05, 4.69) is 21.2 Å². The van der Waals surface area contributed by atoms with Crippen LogP contribution >= 0.6 is 15.9 Å². The van der Waals surface area contributed by atoms with Crippen molar-refractivity contribution in [3.05, 3.63) is 52.0 Å². The Morgan fingerprint density at radius 1 is 1.30 bits per heavy atom. The summed E-state index contributed by atoms with van der Waals surface area (Å²) >= 11 is 3.41. The number of carbonyl (C=O) groups is 1. The summed E-state index contributed by atoms with van der Waals surface area (Å²) in [5.74, 6) is -0.293. The van der Waals surface area contributed by atoms with Crippen molar-refractivity contribution < 1.29 is 14.6 Å². The van der Waals surface area contributed by atoms with Crippen LogP contribution in [0, 0.1) is 6.92 Å². The lowest BCUT2D eigenvalue weighted by atomic mass is 10.1. The summed E-state index contributed by atoms with van der Waals surface area (Å²) in [6.07, 6.45) is 0. The number of aromatic hydroxyl groups is 1. The molecule has 0 saturated heterocycles. The highest BCUT2D eigenvalue weighted by molar-refractivity contribution is 9.10. The first-order valence-corrected chi connectivity index (χ1v) is 6.75. The highest BCUT2D eigenvalue weighted by Crippen LogP contribution is 2.30. The smallest absolute Gasteiger partial charge is 0.259 e. The van der Waals surface area contributed by atoms with Crippen LogP contribution in [-0.2, 0) is 0 Å². The van der Waals surface area contributed by atoms with Crippen molar-refractivity contribution in [2.75, 3.05) is 12.4 Å². The predicted molar refractivity (Wildman–Crippen MR) is 81.5 cm³/mol. The molecule has 1 amide bonds. The number of hydrogen-bond donors (Lipinski definition) is 2. The molecule has 2 aromatic carbocycles. The highest BCUT2D eigenvalue weighted by atomic mass is 79.9. The number of benzene rings is 2. The van der Waals surface area contributed by atoms with Crippen LogP contribution in [0.5, 0.6) is 11.5 Å². The number of phenolic OH excluding ortho intramolecular Hbond substituents is 1. The summed E-state index contributed by atoms with van der Waals surface area (Å²) in [4.78, 5) is 12.2. The number of halogens is 1. The number of amides is 1. The summed E-state index contributed by atoms with van der Waals surface area (Å²) in [7, 11) is 1.44. The molecule has 20 heavy (non-hydrogen) atoms. The first-order chi connectivity index (χ1) is 9.52. The second-order valence-electron chi connectivity index (χ2n) is 4.27. The number of carbonyl (C=O) groups excluding carboxylic acids is 1. The van der Waals surface area contributed by atoms with E-state index in [0.717, 1.165) is 10.0 Å². The quantitative estimate of drug-likeness (QED) is 0.898. The maximum absolute atomic E-state index is 12.2. The van der Waals surface area contributed by atoms with Crippen molar-refractivity contribution >= 4 is 27.5 Å². The van der Waals surface area contributed by atoms with Gasteiger partial charge in [-0.15, -0.1) is 0 Å². The van der Waals surface area contributed by atoms with Gasteiger partial charge < -0.3 is 15.2 Å². The lowest BCUT2D eigenvalue weighted by Crippen LogP contribution is -2.12. The largest absolute Gasteiger partial charge is 0.504 e. The van der Waals surface area contributed by atoms with Gasteiger partial charge in [-0.3, -0.25) is 4.79 Å². The van der Waals surface area contributed by atoms with Crippen LogP contribution in [0.25, 0.3) is 0 Å². The van der Waals surface area contributed by atoms with Gasteiger partial charge in [0.15, 0.2) is 11.5 Å². The van der Waals surface area contributed by atoms with E-state index in [1.807, 2.05) is 19.1 Å². The first-order valence-electron chi connectivity index (χ1n) is 5.96. The molecule has 4 nitrogen and oxygen atoms in total. The fourth-order valence-corrected chi connectivity index (χ4v) is 2.12. The van der Waals surface area contributed by atoms with Gasteiger partial charge in [0.25, 0.3) is 5.91 Å². The predicted octanol–water partition coefficient (Wildman–Crippen LogP) is 3.72. The molecule has 0 heterocycles. The van der Waals surface area contributed by atoms with Gasteiger partial charge in [-0.1, -0.05) is 28.1 Å². The molecule has 104 valence electrons. The summed E-state index contributed by atoms with van der Waals surface area (Å²) in [6, 6.07) is 10.3. The van der Waals surface area contributed by atoms with Crippen LogP contribution in [-0.4, -0.2) is 18.1 Å². The number of hydrogen-bond acceptors (Lipinski definition) is 3. The van der Waals surface area contributed by atoms with Gasteiger partial charge in [-0.25, -0.2) is 0 Å². The molecular weight excluding hydrogens is 322 g/mol. The fourth-order valence-electron chi connectivity index (χ4n) is 1.74. The number of nitrogens with one attached hydrogen (secondary N) is 1. The van der Waals surface area contributed by atoms with Gasteiger partial charge in [-0.2, -0.15) is 0 Å². The molecule has 0 aliphatic rings. The Hall–Kier alpha value is -2.01.